The molecule has 1 N–H and O–H groups in total. The SMILES string of the molecule is [CH2]C(=O)c1ccc(CO)cc1. The molecule has 2 heteroatoms. The number of Topliss-reactive ketones (excluding diaryl/α,β-unsaturated/α-hetero) is 1. The van der Waals surface area contributed by atoms with Gasteiger partial charge >= 0.3 is 0 Å². The van der Waals surface area contributed by atoms with Crippen LogP contribution in [0.3, 0.4) is 0 Å². The summed E-state index contributed by atoms with van der Waals surface area (Å²) in [7, 11) is 0. The quantitative estimate of drug-likeness (QED) is 0.641. The molecule has 0 unspecified atom stereocenters. The molecule has 0 fully saturated rings. The first-order valence-corrected chi connectivity index (χ1v) is 3.30. The number of aliphatic hydroxyl groups is 1. The second-order valence-electron chi connectivity index (χ2n) is 2.28. The Morgan fingerprint density at radius 1 is 1.36 bits per heavy atom. The van der Waals surface area contributed by atoms with Gasteiger partial charge in [-0.2, -0.15) is 0 Å². The van der Waals surface area contributed by atoms with Gasteiger partial charge in [0.15, 0.2) is 5.78 Å². The van der Waals surface area contributed by atoms with Crippen molar-refractivity contribution in [2.45, 2.75) is 6.61 Å². The highest BCUT2D eigenvalue weighted by molar-refractivity contribution is 5.99. The van der Waals surface area contributed by atoms with Crippen LogP contribution in [-0.4, -0.2) is 10.9 Å². The van der Waals surface area contributed by atoms with Gasteiger partial charge < -0.3 is 5.11 Å². The molecular weight excluding hydrogens is 140 g/mol. The number of hydrogen-bond donors (Lipinski definition) is 1. The van der Waals surface area contributed by atoms with Crippen LogP contribution in [-0.2, 0) is 6.61 Å². The Hall–Kier alpha value is -1.15. The maximum absolute atomic E-state index is 10.7. The van der Waals surface area contributed by atoms with Crippen LogP contribution in [0, 0.1) is 6.92 Å². The Morgan fingerprint density at radius 3 is 2.27 bits per heavy atom. The maximum Gasteiger partial charge on any atom is 0.163 e. The molecule has 1 aromatic carbocycles. The fourth-order valence-electron chi connectivity index (χ4n) is 0.796. The lowest BCUT2D eigenvalue weighted by Crippen LogP contribution is -1.92. The standard InChI is InChI=1S/C9H9O2/c1-7(11)9-4-2-8(6-10)3-5-9/h2-5,10H,1,6H2. The van der Waals surface area contributed by atoms with Gasteiger partial charge in [0, 0.05) is 12.5 Å². The highest BCUT2D eigenvalue weighted by Crippen LogP contribution is 2.04. The summed E-state index contributed by atoms with van der Waals surface area (Å²) >= 11 is 0. The molecule has 0 aliphatic heterocycles. The third-order valence-corrected chi connectivity index (χ3v) is 1.46. The van der Waals surface area contributed by atoms with E-state index in [2.05, 4.69) is 6.92 Å². The second kappa shape index (κ2) is 3.30. The van der Waals surface area contributed by atoms with E-state index in [0.717, 1.165) is 5.56 Å². The molecule has 1 aromatic rings. The van der Waals surface area contributed by atoms with Gasteiger partial charge in [0.2, 0.25) is 0 Å². The van der Waals surface area contributed by atoms with Crippen molar-refractivity contribution in [3.63, 3.8) is 0 Å². The molecule has 57 valence electrons. The van der Waals surface area contributed by atoms with Gasteiger partial charge in [-0.15, -0.1) is 0 Å². The number of rotatable bonds is 2. The zero-order chi connectivity index (χ0) is 8.27. The van der Waals surface area contributed by atoms with E-state index in [4.69, 9.17) is 5.11 Å². The second-order valence-corrected chi connectivity index (χ2v) is 2.28. The summed E-state index contributed by atoms with van der Waals surface area (Å²) in [4.78, 5) is 10.7. The molecule has 0 aliphatic rings. The molecule has 0 atom stereocenters. The first-order chi connectivity index (χ1) is 5.24. The molecule has 0 saturated heterocycles. The minimum absolute atomic E-state index is 0.00557. The maximum atomic E-state index is 10.7. The summed E-state index contributed by atoms with van der Waals surface area (Å²) in [5.74, 6) is -0.200. The van der Waals surface area contributed by atoms with Crippen LogP contribution in [0.2, 0.25) is 0 Å². The normalized spacial score (nSPS) is 9.64. The molecular formula is C9H9O2. The zero-order valence-corrected chi connectivity index (χ0v) is 6.08. The van der Waals surface area contributed by atoms with Crippen LogP contribution < -0.4 is 0 Å². The zero-order valence-electron chi connectivity index (χ0n) is 6.08. The van der Waals surface area contributed by atoms with Crippen LogP contribution in [0.5, 0.6) is 0 Å². The van der Waals surface area contributed by atoms with Gasteiger partial charge in [0.1, 0.15) is 0 Å². The smallest absolute Gasteiger partial charge is 0.163 e. The van der Waals surface area contributed by atoms with E-state index in [0.29, 0.717) is 5.56 Å². The minimum atomic E-state index is -0.200. The van der Waals surface area contributed by atoms with Crippen LogP contribution >= 0.6 is 0 Å². The molecule has 0 aliphatic carbocycles. The molecule has 11 heavy (non-hydrogen) atoms. The predicted octanol–water partition coefficient (Wildman–Crippen LogP) is 1.20. The molecule has 1 radical (unpaired) electrons. The molecule has 0 amide bonds. The van der Waals surface area contributed by atoms with Crippen molar-refractivity contribution in [1.82, 2.24) is 0 Å². The van der Waals surface area contributed by atoms with E-state index in [-0.39, 0.29) is 12.4 Å². The number of aliphatic hydroxyl groups excluding tert-OH is 1. The van der Waals surface area contributed by atoms with Crippen molar-refractivity contribution in [2.24, 2.45) is 0 Å². The third-order valence-electron chi connectivity index (χ3n) is 1.46. The van der Waals surface area contributed by atoms with Crippen LogP contribution in [0.25, 0.3) is 0 Å². The van der Waals surface area contributed by atoms with Crippen LogP contribution in [0.4, 0.5) is 0 Å². The third kappa shape index (κ3) is 1.88. The molecule has 0 heterocycles. The summed E-state index contributed by atoms with van der Waals surface area (Å²) in [6, 6.07) is 6.72. The number of ketones is 1. The Morgan fingerprint density at radius 2 is 1.91 bits per heavy atom. The average molecular weight is 149 g/mol. The minimum Gasteiger partial charge on any atom is -0.392 e. The lowest BCUT2D eigenvalue weighted by Gasteiger charge is -1.96. The Kier molecular flexibility index (Phi) is 2.39. The molecule has 1 rings (SSSR count). The monoisotopic (exact) mass is 149 g/mol. The van der Waals surface area contributed by atoms with Gasteiger partial charge in [-0.05, 0) is 5.56 Å². The van der Waals surface area contributed by atoms with Crippen molar-refractivity contribution in [3.05, 3.63) is 42.3 Å². The number of hydrogen-bond acceptors (Lipinski definition) is 2. The first-order valence-electron chi connectivity index (χ1n) is 3.30. The summed E-state index contributed by atoms with van der Waals surface area (Å²) in [5, 5.41) is 8.67. The fourth-order valence-corrected chi connectivity index (χ4v) is 0.796. The van der Waals surface area contributed by atoms with E-state index in [1.165, 1.54) is 0 Å². The highest BCUT2D eigenvalue weighted by atomic mass is 16.3. The van der Waals surface area contributed by atoms with Crippen molar-refractivity contribution in [1.29, 1.82) is 0 Å². The number of benzene rings is 1. The number of carbonyl (C=O) groups is 1. The van der Waals surface area contributed by atoms with Crippen LogP contribution in [0.15, 0.2) is 24.3 Å². The van der Waals surface area contributed by atoms with E-state index >= 15 is 0 Å². The molecule has 0 spiro atoms. The van der Waals surface area contributed by atoms with Crippen molar-refractivity contribution < 1.29 is 9.90 Å². The lowest BCUT2D eigenvalue weighted by atomic mass is 10.1. The van der Waals surface area contributed by atoms with Crippen molar-refractivity contribution in [3.8, 4) is 0 Å². The Bertz CT molecular complexity index is 249. The largest absolute Gasteiger partial charge is 0.392 e. The Balaban J connectivity index is 2.91. The Labute approximate surface area is 65.5 Å². The van der Waals surface area contributed by atoms with E-state index in [1.807, 2.05) is 0 Å². The molecule has 2 nitrogen and oxygen atoms in total. The molecule has 0 saturated carbocycles. The van der Waals surface area contributed by atoms with Gasteiger partial charge in [-0.3, -0.25) is 4.79 Å². The summed E-state index contributed by atoms with van der Waals surface area (Å²) in [5.41, 5.74) is 1.37. The molecule has 0 bridgehead atoms. The lowest BCUT2D eigenvalue weighted by molar-refractivity contribution is 0.104. The van der Waals surface area contributed by atoms with Gasteiger partial charge in [-0.1, -0.05) is 24.3 Å². The van der Waals surface area contributed by atoms with Crippen molar-refractivity contribution >= 4 is 5.78 Å². The van der Waals surface area contributed by atoms with E-state index in [9.17, 15) is 4.79 Å². The highest BCUT2D eigenvalue weighted by Gasteiger charge is 1.97. The van der Waals surface area contributed by atoms with E-state index < -0.39 is 0 Å². The van der Waals surface area contributed by atoms with Gasteiger partial charge in [0.05, 0.1) is 6.61 Å². The first kappa shape index (κ1) is 7.95. The van der Waals surface area contributed by atoms with Crippen LogP contribution in [0.1, 0.15) is 15.9 Å². The average Bonchev–Trinajstić information content (AvgIpc) is 2.05. The summed E-state index contributed by atoms with van der Waals surface area (Å²) in [6.45, 7) is 3.27. The topological polar surface area (TPSA) is 37.3 Å². The van der Waals surface area contributed by atoms with Crippen molar-refractivity contribution in [2.75, 3.05) is 0 Å². The number of carbonyl (C=O) groups excluding carboxylic acids is 1. The summed E-state index contributed by atoms with van der Waals surface area (Å²) in [6.07, 6.45) is 0. The summed E-state index contributed by atoms with van der Waals surface area (Å²) < 4.78 is 0. The van der Waals surface area contributed by atoms with Gasteiger partial charge in [-0.25, -0.2) is 0 Å². The fraction of sp³-hybridized carbons (Fsp3) is 0.111. The molecule has 0 aromatic heterocycles. The predicted molar refractivity (Wildman–Crippen MR) is 42.1 cm³/mol. The van der Waals surface area contributed by atoms with Gasteiger partial charge in [0.25, 0.3) is 0 Å². The van der Waals surface area contributed by atoms with E-state index in [1.54, 1.807) is 24.3 Å².